The maximum atomic E-state index is 13.2. The van der Waals surface area contributed by atoms with Gasteiger partial charge in [-0.25, -0.2) is 0 Å². The van der Waals surface area contributed by atoms with E-state index in [1.807, 2.05) is 67.6 Å². The van der Waals surface area contributed by atoms with E-state index in [9.17, 15) is 9.59 Å². The molecule has 3 aromatic rings. The molecule has 0 aromatic heterocycles. The van der Waals surface area contributed by atoms with E-state index < -0.39 is 6.10 Å². The van der Waals surface area contributed by atoms with Gasteiger partial charge in [-0.3, -0.25) is 9.59 Å². The number of nitrogens with zero attached hydrogens (tertiary/aromatic N) is 1. The van der Waals surface area contributed by atoms with Crippen molar-refractivity contribution in [3.63, 3.8) is 0 Å². The highest BCUT2D eigenvalue weighted by molar-refractivity contribution is 5.96. The number of hydrogen-bond donors (Lipinski definition) is 1. The molecule has 0 fully saturated rings. The number of fused-ring (bicyclic) bond motifs is 1. The lowest BCUT2D eigenvalue weighted by Gasteiger charge is -2.23. The molecular formula is C29H32N2O5. The first-order valence-electron chi connectivity index (χ1n) is 12.1. The van der Waals surface area contributed by atoms with Gasteiger partial charge in [-0.1, -0.05) is 37.3 Å². The fraction of sp³-hybridized carbons (Fsp3) is 0.310. The number of ether oxygens (including phenoxy) is 3. The predicted molar refractivity (Wildman–Crippen MR) is 138 cm³/mol. The minimum atomic E-state index is -0.640. The van der Waals surface area contributed by atoms with Crippen molar-refractivity contribution in [3.05, 3.63) is 83.4 Å². The Morgan fingerprint density at radius 3 is 2.56 bits per heavy atom. The standard InChI is InChI=1S/C29H32N2O5/c1-5-25(20-9-7-6-8-10-20)28(32)30-23-12-14-26-22(15-23)18-31(29(33)19(2)36-26)17-21-11-13-24(34-3)16-27(21)35-4/h6-16,19,25H,5,17-18H2,1-4H3,(H,30,32)/t19-,25+/m1/s1. The van der Waals surface area contributed by atoms with Crippen LogP contribution < -0.4 is 19.5 Å². The van der Waals surface area contributed by atoms with Crippen molar-refractivity contribution in [1.82, 2.24) is 4.90 Å². The quantitative estimate of drug-likeness (QED) is 0.475. The first-order valence-corrected chi connectivity index (χ1v) is 12.1. The summed E-state index contributed by atoms with van der Waals surface area (Å²) in [6, 6.07) is 20.8. The molecule has 0 aliphatic carbocycles. The van der Waals surface area contributed by atoms with E-state index >= 15 is 0 Å². The van der Waals surface area contributed by atoms with Crippen molar-refractivity contribution >= 4 is 17.5 Å². The number of benzene rings is 3. The van der Waals surface area contributed by atoms with Crippen LogP contribution in [-0.2, 0) is 22.7 Å². The molecule has 0 radical (unpaired) electrons. The minimum absolute atomic E-state index is 0.0672. The van der Waals surface area contributed by atoms with Gasteiger partial charge in [0, 0.05) is 36.0 Å². The van der Waals surface area contributed by atoms with E-state index in [0.717, 1.165) is 16.7 Å². The molecule has 7 nitrogen and oxygen atoms in total. The highest BCUT2D eigenvalue weighted by atomic mass is 16.5. The third-order valence-corrected chi connectivity index (χ3v) is 6.43. The van der Waals surface area contributed by atoms with Crippen LogP contribution in [0.5, 0.6) is 17.2 Å². The Morgan fingerprint density at radius 2 is 1.86 bits per heavy atom. The average Bonchev–Trinajstić information content (AvgIpc) is 3.01. The molecule has 2 amide bonds. The molecule has 0 saturated carbocycles. The lowest BCUT2D eigenvalue weighted by molar-refractivity contribution is -0.138. The number of carbonyl (C=O) groups excluding carboxylic acids is 2. The highest BCUT2D eigenvalue weighted by Gasteiger charge is 2.29. The number of hydrogen-bond acceptors (Lipinski definition) is 5. The van der Waals surface area contributed by atoms with Crippen LogP contribution in [0.1, 0.15) is 42.9 Å². The van der Waals surface area contributed by atoms with Crippen LogP contribution in [0.25, 0.3) is 0 Å². The lowest BCUT2D eigenvalue weighted by Crippen LogP contribution is -2.37. The predicted octanol–water partition coefficient (Wildman–Crippen LogP) is 5.15. The van der Waals surface area contributed by atoms with Gasteiger partial charge in [-0.2, -0.15) is 0 Å². The maximum Gasteiger partial charge on any atom is 0.263 e. The monoisotopic (exact) mass is 488 g/mol. The summed E-state index contributed by atoms with van der Waals surface area (Å²) in [6.45, 7) is 4.44. The number of nitrogens with one attached hydrogen (secondary N) is 1. The third kappa shape index (κ3) is 5.46. The number of amides is 2. The fourth-order valence-electron chi connectivity index (χ4n) is 4.49. The zero-order valence-electron chi connectivity index (χ0n) is 21.1. The molecule has 1 aliphatic heterocycles. The molecular weight excluding hydrogens is 456 g/mol. The second kappa shape index (κ2) is 11.2. The van der Waals surface area contributed by atoms with Crippen LogP contribution in [0, 0.1) is 0 Å². The van der Waals surface area contributed by atoms with Gasteiger partial charge in [-0.15, -0.1) is 0 Å². The number of anilines is 1. The summed E-state index contributed by atoms with van der Waals surface area (Å²) in [5.41, 5.74) is 3.33. The van der Waals surface area contributed by atoms with Gasteiger partial charge in [0.2, 0.25) is 5.91 Å². The van der Waals surface area contributed by atoms with Gasteiger partial charge < -0.3 is 24.4 Å². The Morgan fingerprint density at radius 1 is 1.08 bits per heavy atom. The average molecular weight is 489 g/mol. The van der Waals surface area contributed by atoms with E-state index in [-0.39, 0.29) is 17.7 Å². The second-order valence-corrected chi connectivity index (χ2v) is 8.82. The Hall–Kier alpha value is -4.00. The van der Waals surface area contributed by atoms with Gasteiger partial charge in [0.05, 0.1) is 20.1 Å². The zero-order valence-corrected chi connectivity index (χ0v) is 21.1. The molecule has 0 spiro atoms. The first-order chi connectivity index (χ1) is 17.4. The molecule has 2 atom stereocenters. The van der Waals surface area contributed by atoms with E-state index in [1.165, 1.54) is 0 Å². The minimum Gasteiger partial charge on any atom is -0.497 e. The van der Waals surface area contributed by atoms with E-state index in [4.69, 9.17) is 14.2 Å². The summed E-state index contributed by atoms with van der Waals surface area (Å²) in [6.07, 6.45) is 0.0476. The molecule has 1 N–H and O–H groups in total. The van der Waals surface area contributed by atoms with Crippen molar-refractivity contribution in [3.8, 4) is 17.2 Å². The molecule has 7 heteroatoms. The Labute approximate surface area is 212 Å². The number of rotatable bonds is 8. The maximum absolute atomic E-state index is 13.2. The Kier molecular flexibility index (Phi) is 7.78. The molecule has 0 saturated heterocycles. The lowest BCUT2D eigenvalue weighted by atomic mass is 9.95. The van der Waals surface area contributed by atoms with Gasteiger partial charge >= 0.3 is 0 Å². The summed E-state index contributed by atoms with van der Waals surface area (Å²) in [5.74, 6) is 1.52. The van der Waals surface area contributed by atoms with Crippen molar-refractivity contribution in [1.29, 1.82) is 0 Å². The van der Waals surface area contributed by atoms with Crippen molar-refractivity contribution in [2.75, 3.05) is 19.5 Å². The second-order valence-electron chi connectivity index (χ2n) is 8.82. The highest BCUT2D eigenvalue weighted by Crippen LogP contribution is 2.32. The van der Waals surface area contributed by atoms with Gasteiger partial charge in [0.15, 0.2) is 6.10 Å². The molecule has 3 aromatic carbocycles. The van der Waals surface area contributed by atoms with Crippen LogP contribution in [0.3, 0.4) is 0 Å². The number of methoxy groups -OCH3 is 2. The first kappa shape index (κ1) is 25.1. The van der Waals surface area contributed by atoms with Gasteiger partial charge in [0.25, 0.3) is 5.91 Å². The van der Waals surface area contributed by atoms with Crippen LogP contribution in [-0.4, -0.2) is 37.0 Å². The summed E-state index contributed by atoms with van der Waals surface area (Å²) in [5, 5.41) is 3.05. The van der Waals surface area contributed by atoms with Gasteiger partial charge in [-0.05, 0) is 49.2 Å². The molecule has 0 unspecified atom stereocenters. The van der Waals surface area contributed by atoms with Crippen LogP contribution in [0.4, 0.5) is 5.69 Å². The van der Waals surface area contributed by atoms with Crippen molar-refractivity contribution in [2.24, 2.45) is 0 Å². The topological polar surface area (TPSA) is 77.1 Å². The molecule has 1 aliphatic rings. The fourth-order valence-corrected chi connectivity index (χ4v) is 4.49. The largest absolute Gasteiger partial charge is 0.497 e. The van der Waals surface area contributed by atoms with E-state index in [1.54, 1.807) is 32.1 Å². The molecule has 188 valence electrons. The summed E-state index contributed by atoms with van der Waals surface area (Å²) in [7, 11) is 3.19. The third-order valence-electron chi connectivity index (χ3n) is 6.43. The normalized spacial score (nSPS) is 15.8. The summed E-state index contributed by atoms with van der Waals surface area (Å²) >= 11 is 0. The van der Waals surface area contributed by atoms with Crippen LogP contribution in [0.2, 0.25) is 0 Å². The van der Waals surface area contributed by atoms with Gasteiger partial charge in [0.1, 0.15) is 17.2 Å². The summed E-state index contributed by atoms with van der Waals surface area (Å²) in [4.78, 5) is 28.0. The SMILES string of the molecule is CC[C@H](C(=O)Nc1ccc2c(c1)CN(Cc1ccc(OC)cc1OC)C(=O)[C@@H](C)O2)c1ccccc1. The Bertz CT molecular complexity index is 1230. The van der Waals surface area contributed by atoms with Crippen LogP contribution in [0.15, 0.2) is 66.7 Å². The van der Waals surface area contributed by atoms with Crippen molar-refractivity contribution < 1.29 is 23.8 Å². The zero-order chi connectivity index (χ0) is 25.7. The Balaban J connectivity index is 1.57. The smallest absolute Gasteiger partial charge is 0.263 e. The number of carbonyl (C=O) groups is 2. The summed E-state index contributed by atoms with van der Waals surface area (Å²) < 4.78 is 16.8. The van der Waals surface area contributed by atoms with Crippen LogP contribution >= 0.6 is 0 Å². The molecule has 4 rings (SSSR count). The molecule has 0 bridgehead atoms. The molecule has 1 heterocycles. The van der Waals surface area contributed by atoms with E-state index in [2.05, 4.69) is 5.32 Å². The van der Waals surface area contributed by atoms with E-state index in [0.29, 0.717) is 42.4 Å². The molecule has 36 heavy (non-hydrogen) atoms. The van der Waals surface area contributed by atoms with Crippen molar-refractivity contribution in [2.45, 2.75) is 45.4 Å².